The molecule has 0 aliphatic heterocycles. The van der Waals surface area contributed by atoms with Gasteiger partial charge in [0.2, 0.25) is 0 Å². The third-order valence-corrected chi connectivity index (χ3v) is 2.85. The highest BCUT2D eigenvalue weighted by molar-refractivity contribution is 6.03. The van der Waals surface area contributed by atoms with Gasteiger partial charge in [0.1, 0.15) is 11.2 Å². The lowest BCUT2D eigenvalue weighted by Crippen LogP contribution is -2.42. The first-order chi connectivity index (χ1) is 8.76. The van der Waals surface area contributed by atoms with Crippen molar-refractivity contribution in [1.82, 2.24) is 0 Å². The molecule has 0 aliphatic carbocycles. The zero-order valence-electron chi connectivity index (χ0n) is 10.9. The van der Waals surface area contributed by atoms with E-state index in [9.17, 15) is 29.4 Å². The minimum Gasteiger partial charge on any atom is -0.550 e. The summed E-state index contributed by atoms with van der Waals surface area (Å²) in [5.74, 6) is -4.40. The van der Waals surface area contributed by atoms with Crippen molar-refractivity contribution >= 4 is 23.7 Å². The van der Waals surface area contributed by atoms with Gasteiger partial charge in [0.15, 0.2) is 0 Å². The predicted molar refractivity (Wildman–Crippen MR) is 58.2 cm³/mol. The van der Waals surface area contributed by atoms with Crippen LogP contribution in [0.2, 0.25) is 0 Å². The fourth-order valence-corrected chi connectivity index (χ4v) is 1.73. The fourth-order valence-electron chi connectivity index (χ4n) is 1.73. The monoisotopic (exact) mass is 272 g/mol. The third-order valence-electron chi connectivity index (χ3n) is 2.85. The zero-order chi connectivity index (χ0) is 15.1. The molecule has 0 bridgehead atoms. The van der Waals surface area contributed by atoms with E-state index >= 15 is 0 Å². The van der Waals surface area contributed by atoms with Crippen LogP contribution in [0, 0.1) is 5.41 Å². The maximum atomic E-state index is 11.9. The molecule has 108 valence electrons. The van der Waals surface area contributed by atoms with E-state index in [1.807, 2.05) is 0 Å². The average Bonchev–Trinajstić information content (AvgIpc) is 2.28. The van der Waals surface area contributed by atoms with Crippen LogP contribution in [0.3, 0.4) is 0 Å². The Morgan fingerprint density at radius 1 is 1.00 bits per heavy atom. The van der Waals surface area contributed by atoms with Crippen LogP contribution in [0.15, 0.2) is 0 Å². The number of ketones is 1. The van der Waals surface area contributed by atoms with Crippen LogP contribution in [-0.2, 0) is 23.9 Å². The lowest BCUT2D eigenvalue weighted by molar-refractivity contribution is -0.306. The number of esters is 1. The van der Waals surface area contributed by atoms with E-state index in [4.69, 9.17) is 4.74 Å². The van der Waals surface area contributed by atoms with Gasteiger partial charge in [-0.2, -0.15) is 0 Å². The number of aliphatic carboxylic acids is 2. The second-order valence-electron chi connectivity index (χ2n) is 4.10. The molecule has 7 nitrogen and oxygen atoms in total. The van der Waals surface area contributed by atoms with Crippen molar-refractivity contribution in [1.29, 1.82) is 0 Å². The summed E-state index contributed by atoms with van der Waals surface area (Å²) in [6.07, 6.45) is -1.77. The van der Waals surface area contributed by atoms with Crippen LogP contribution in [0.5, 0.6) is 0 Å². The van der Waals surface area contributed by atoms with Crippen molar-refractivity contribution in [2.45, 2.75) is 39.5 Å². The Kier molecular flexibility index (Phi) is 6.74. The molecule has 0 aromatic heterocycles. The fraction of sp³-hybridized carbons (Fsp3) is 0.667. The van der Waals surface area contributed by atoms with Gasteiger partial charge >= 0.3 is 5.97 Å². The molecule has 7 heteroatoms. The third kappa shape index (κ3) is 5.07. The molecule has 0 spiro atoms. The van der Waals surface area contributed by atoms with E-state index in [-0.39, 0.29) is 19.4 Å². The van der Waals surface area contributed by atoms with Crippen molar-refractivity contribution < 1.29 is 34.1 Å². The molecule has 0 saturated carbocycles. The lowest BCUT2D eigenvalue weighted by Gasteiger charge is -2.29. The molecule has 0 aliphatic rings. The van der Waals surface area contributed by atoms with Crippen LogP contribution in [0.1, 0.15) is 39.5 Å². The molecule has 0 heterocycles. The topological polar surface area (TPSA) is 124 Å². The number of hydrogen-bond acceptors (Lipinski definition) is 7. The Balaban J connectivity index is 5.20. The zero-order valence-corrected chi connectivity index (χ0v) is 10.9. The standard InChI is InChI=1S/C12H18O7/c1-3-19-11(18)12(8(2)13,6-4-9(14)15)7-5-10(16)17/h3-7H2,1-2H3,(H,14,15)(H,16,17)/p-2. The molecule has 0 N–H and O–H groups in total. The summed E-state index contributed by atoms with van der Waals surface area (Å²) in [5, 5.41) is 21.0. The van der Waals surface area contributed by atoms with Crippen LogP contribution in [0.25, 0.3) is 0 Å². The molecule has 0 amide bonds. The summed E-state index contributed by atoms with van der Waals surface area (Å²) >= 11 is 0. The number of Topliss-reactive ketones (excluding diaryl/α,β-unsaturated/α-hetero) is 1. The van der Waals surface area contributed by atoms with Gasteiger partial charge in [-0.15, -0.1) is 0 Å². The highest BCUT2D eigenvalue weighted by Crippen LogP contribution is 2.32. The van der Waals surface area contributed by atoms with Crippen LogP contribution in [0.4, 0.5) is 0 Å². The first-order valence-electron chi connectivity index (χ1n) is 5.84. The van der Waals surface area contributed by atoms with Gasteiger partial charge < -0.3 is 24.5 Å². The Labute approximate surface area is 110 Å². The molecule has 0 fully saturated rings. The smallest absolute Gasteiger partial charge is 0.319 e. The normalized spacial score (nSPS) is 10.8. The summed E-state index contributed by atoms with van der Waals surface area (Å²) in [5.41, 5.74) is -1.77. The summed E-state index contributed by atoms with van der Waals surface area (Å²) in [6.45, 7) is 2.63. The Morgan fingerprint density at radius 2 is 1.42 bits per heavy atom. The number of rotatable bonds is 9. The number of carboxylic acids is 2. The van der Waals surface area contributed by atoms with E-state index in [0.717, 1.165) is 6.92 Å². The average molecular weight is 272 g/mol. The maximum Gasteiger partial charge on any atom is 0.319 e. The summed E-state index contributed by atoms with van der Waals surface area (Å²) in [4.78, 5) is 44.5. The van der Waals surface area contributed by atoms with Crippen molar-refractivity contribution in [2.75, 3.05) is 6.61 Å². The van der Waals surface area contributed by atoms with Gasteiger partial charge in [0, 0.05) is 11.9 Å². The molecule has 0 atom stereocenters. The number of carbonyl (C=O) groups excluding carboxylic acids is 4. The van der Waals surface area contributed by atoms with E-state index in [1.165, 1.54) is 6.92 Å². The highest BCUT2D eigenvalue weighted by Gasteiger charge is 2.43. The molecule has 0 aromatic carbocycles. The first kappa shape index (κ1) is 17.1. The minimum absolute atomic E-state index is 0.00447. The maximum absolute atomic E-state index is 11.9. The molecular formula is C12H16O7-2. The quantitative estimate of drug-likeness (QED) is 0.357. The van der Waals surface area contributed by atoms with Gasteiger partial charge in [-0.05, 0) is 39.5 Å². The van der Waals surface area contributed by atoms with Gasteiger partial charge in [0.05, 0.1) is 6.61 Å². The molecule has 19 heavy (non-hydrogen) atoms. The van der Waals surface area contributed by atoms with Crippen molar-refractivity contribution in [2.24, 2.45) is 5.41 Å². The van der Waals surface area contributed by atoms with Crippen molar-refractivity contribution in [3.05, 3.63) is 0 Å². The first-order valence-corrected chi connectivity index (χ1v) is 5.84. The van der Waals surface area contributed by atoms with E-state index < -0.39 is 41.9 Å². The largest absolute Gasteiger partial charge is 0.550 e. The Morgan fingerprint density at radius 3 is 1.68 bits per heavy atom. The van der Waals surface area contributed by atoms with E-state index in [2.05, 4.69) is 0 Å². The predicted octanol–water partition coefficient (Wildman–Crippen LogP) is -1.81. The molecule has 0 unspecified atom stereocenters. The summed E-state index contributed by atoms with van der Waals surface area (Å²) in [6, 6.07) is 0. The highest BCUT2D eigenvalue weighted by atomic mass is 16.5. The number of ether oxygens (including phenoxy) is 1. The number of hydrogen-bond donors (Lipinski definition) is 0. The number of carbonyl (C=O) groups is 4. The molecule has 0 rings (SSSR count). The molecular weight excluding hydrogens is 256 g/mol. The Hall–Kier alpha value is -1.92. The molecule has 0 radical (unpaired) electrons. The van der Waals surface area contributed by atoms with Crippen LogP contribution < -0.4 is 10.2 Å². The SMILES string of the molecule is CCOC(=O)C(CCC(=O)[O-])(CCC(=O)[O-])C(C)=O. The lowest BCUT2D eigenvalue weighted by atomic mass is 9.75. The minimum atomic E-state index is -1.77. The van der Waals surface area contributed by atoms with Gasteiger partial charge in [-0.25, -0.2) is 0 Å². The van der Waals surface area contributed by atoms with Crippen molar-refractivity contribution in [3.63, 3.8) is 0 Å². The second-order valence-corrected chi connectivity index (χ2v) is 4.10. The van der Waals surface area contributed by atoms with Gasteiger partial charge in [-0.1, -0.05) is 0 Å². The van der Waals surface area contributed by atoms with E-state index in [0.29, 0.717) is 0 Å². The molecule has 0 aromatic rings. The van der Waals surface area contributed by atoms with Crippen molar-refractivity contribution in [3.8, 4) is 0 Å². The van der Waals surface area contributed by atoms with E-state index in [1.54, 1.807) is 0 Å². The van der Waals surface area contributed by atoms with Gasteiger partial charge in [0.25, 0.3) is 0 Å². The van der Waals surface area contributed by atoms with Crippen LogP contribution >= 0.6 is 0 Å². The summed E-state index contributed by atoms with van der Waals surface area (Å²) < 4.78 is 4.75. The molecule has 0 saturated heterocycles. The summed E-state index contributed by atoms with van der Waals surface area (Å²) in [7, 11) is 0. The van der Waals surface area contributed by atoms with Crippen LogP contribution in [-0.4, -0.2) is 30.3 Å². The van der Waals surface area contributed by atoms with Gasteiger partial charge in [-0.3, -0.25) is 9.59 Å². The Bertz CT molecular complexity index is 354. The second kappa shape index (κ2) is 7.50. The number of carboxylic acid groups (broad SMARTS) is 2.